The van der Waals surface area contributed by atoms with Crippen LogP contribution in [0.3, 0.4) is 0 Å². The predicted molar refractivity (Wildman–Crippen MR) is 503 cm³/mol. The third-order valence-electron chi connectivity index (χ3n) is 26.2. The second-order valence-corrected chi connectivity index (χ2v) is 35.0. The van der Waals surface area contributed by atoms with Crippen LogP contribution < -0.4 is 26.6 Å². The Morgan fingerprint density at radius 1 is 0.323 bits per heavy atom. The van der Waals surface area contributed by atoms with Crippen molar-refractivity contribution in [2.75, 3.05) is 26.6 Å². The molecule has 0 amide bonds. The van der Waals surface area contributed by atoms with Crippen molar-refractivity contribution in [3.63, 3.8) is 0 Å². The van der Waals surface area contributed by atoms with E-state index in [0.29, 0.717) is 45.3 Å². The van der Waals surface area contributed by atoms with Crippen molar-refractivity contribution < 1.29 is 4.42 Å². The highest BCUT2D eigenvalue weighted by atomic mass is 16.3. The number of anilines is 5. The normalized spacial score (nSPS) is 15.9. The lowest BCUT2D eigenvalue weighted by Crippen LogP contribution is -2.18. The van der Waals surface area contributed by atoms with Gasteiger partial charge in [0.15, 0.2) is 23.3 Å². The predicted octanol–water partition coefficient (Wildman–Crippen LogP) is 19.4. The van der Waals surface area contributed by atoms with Gasteiger partial charge in [0.25, 0.3) is 0 Å². The van der Waals surface area contributed by atoms with Crippen LogP contribution in [-0.2, 0) is 58.9 Å². The lowest BCUT2D eigenvalue weighted by atomic mass is 9.85. The van der Waals surface area contributed by atoms with Gasteiger partial charge >= 0.3 is 0 Å². The molecule has 4 saturated carbocycles. The zero-order chi connectivity index (χ0) is 85.6. The van der Waals surface area contributed by atoms with Crippen molar-refractivity contribution in [2.45, 2.75) is 190 Å². The largest absolute Gasteiger partial charge is 0.469 e. The number of fused-ring (bicyclic) bond motifs is 10. The van der Waals surface area contributed by atoms with Crippen LogP contribution in [0, 0.1) is 59.3 Å². The van der Waals surface area contributed by atoms with Gasteiger partial charge in [0.1, 0.15) is 34.4 Å². The van der Waals surface area contributed by atoms with Crippen LogP contribution in [0.4, 0.5) is 28.4 Å². The van der Waals surface area contributed by atoms with Crippen molar-refractivity contribution in [1.29, 1.82) is 0 Å². The Hall–Kier alpha value is -14.2. The molecule has 5 aromatic carbocycles. The Morgan fingerprint density at radius 2 is 0.677 bits per heavy atom. The molecule has 16 heterocycles. The number of pyridine rings is 4. The van der Waals surface area contributed by atoms with Crippen LogP contribution in [0.25, 0.3) is 54.5 Å². The molecule has 0 unspecified atom stereocenters. The maximum Gasteiger partial charge on any atom is 0.154 e. The number of hydrogen-bond donors (Lipinski definition) is 5. The first kappa shape index (κ1) is 79.9. The summed E-state index contributed by atoms with van der Waals surface area (Å²) < 4.78 is 16.2. The summed E-state index contributed by atoms with van der Waals surface area (Å²) >= 11 is 0. The molecule has 0 bridgehead atoms. The molecular weight excluding hydrogens is 1580 g/mol. The summed E-state index contributed by atoms with van der Waals surface area (Å²) in [5.41, 5.74) is 27.9. The number of nitrogens with one attached hydrogen (secondary N) is 5. The first-order chi connectivity index (χ1) is 62.3. The molecule has 5 aliphatic heterocycles. The molecule has 16 aromatic rings. The van der Waals surface area contributed by atoms with Gasteiger partial charge in [0.05, 0.1) is 119 Å². The Labute approximate surface area is 735 Å². The molecule has 4 fully saturated rings. The Balaban J connectivity index is 0.0000000967. The van der Waals surface area contributed by atoms with E-state index in [0.717, 1.165) is 191 Å². The van der Waals surface area contributed by atoms with Crippen LogP contribution >= 0.6 is 0 Å². The number of aromatic nitrogens is 16. The van der Waals surface area contributed by atoms with Crippen LogP contribution in [-0.4, -0.2) is 108 Å². The average molecular weight is 1680 g/mol. The smallest absolute Gasteiger partial charge is 0.154 e. The van der Waals surface area contributed by atoms with E-state index in [1.165, 1.54) is 138 Å². The fraction of sp³-hybridized carbons (Fsp3) is 0.320. The minimum atomic E-state index is 0.560. The van der Waals surface area contributed by atoms with Gasteiger partial charge in [0, 0.05) is 140 Å². The Bertz CT molecular complexity index is 6660. The lowest BCUT2D eigenvalue weighted by Gasteiger charge is -2.25. The van der Waals surface area contributed by atoms with E-state index in [-0.39, 0.29) is 0 Å². The zero-order valence-corrected chi connectivity index (χ0v) is 72.6. The van der Waals surface area contributed by atoms with E-state index in [9.17, 15) is 0 Å². The van der Waals surface area contributed by atoms with Gasteiger partial charge in [-0.05, 0) is 238 Å². The molecule has 0 spiro atoms. The SMILES string of the molecule is Cc1cc(Cn2nc(C)c3cc(NC4=NCc5cccnc54)ccc32)co1.Cc1nn(C2CCCC2)c2ccc(NC3=NCc4cccnc43)cc12.Cc1nn(CC2CCC2)c2ccc(NC3=NCc4cccnc43)cc12.Cc1nn(CC2CCC2)c2ccc(NC3=NCc4ncccc43)cc12.Cc1nn(CC2CCC2)c2ccc(NC3=NCc4nccnc43)cc12. The monoisotopic (exact) mass is 1680 g/mol. The van der Waals surface area contributed by atoms with Crippen molar-refractivity contribution in [1.82, 2.24) is 78.8 Å². The number of furan rings is 1. The molecule has 27 nitrogen and oxygen atoms in total. The molecule has 4 aliphatic carbocycles. The van der Waals surface area contributed by atoms with E-state index in [1.54, 1.807) is 24.9 Å². The van der Waals surface area contributed by atoms with Crippen LogP contribution in [0.2, 0.25) is 0 Å². The van der Waals surface area contributed by atoms with Crippen molar-refractivity contribution in [2.24, 2.45) is 42.7 Å². The molecule has 5 N–H and O–H groups in total. The molecular formula is C100H102N26O. The number of amidine groups is 5. The van der Waals surface area contributed by atoms with Gasteiger partial charge in [-0.15, -0.1) is 0 Å². The number of aliphatic imine (C=N–C) groups is 5. The van der Waals surface area contributed by atoms with E-state index in [1.807, 2.05) is 67.5 Å². The Kier molecular flexibility index (Phi) is 21.8. The standard InChI is InChI=1S/C21H19N5O.3C20H21N5.C19H20N6/c1-13-8-15(12-27-13)11-26-19-6-5-17(9-18(19)14(2)25-26)24-21-20-16(10-23-21)4-3-7-22-20;1-13-17-10-15(23-20-16-6-3-9-21-18(16)11-22-20)7-8-19(17)25(24-13)12-14-4-2-5-14;1-13-17-10-16(23-20-19-15(11-22-20)6-3-9-21-19)7-8-18(17)25(24-13)12-14-4-2-5-14;1-13-17-11-15(23-20-19-14(12-22-20)5-4-10-21-19)8-9-18(17)25(24-13)16-6-2-3-7-16;1-12-15-9-14(23-19-18-16(10-22-19)20-7-8-21-18)5-6-17(15)25(24-12)11-13-3-2-4-13/h3-9,12H,10-11H2,1-2H3,(H,23,24);2*3,6-10,14H,2,4-5,11-12H2,1H3,(H,22,23);4-5,8-11,16H,2-3,6-7,12H2,1H3,(H,22,23);5-9,13H,2-4,10-11H2,1H3,(H,22,23). The summed E-state index contributed by atoms with van der Waals surface area (Å²) in [7, 11) is 0. The number of hydrogen-bond acceptors (Lipinski definition) is 22. The first-order valence-electron chi connectivity index (χ1n) is 44.9. The third kappa shape index (κ3) is 16.6. The van der Waals surface area contributed by atoms with Gasteiger partial charge in [-0.3, -0.25) is 73.3 Å². The highest BCUT2D eigenvalue weighted by Gasteiger charge is 2.29. The number of benzene rings is 5. The van der Waals surface area contributed by atoms with E-state index < -0.39 is 0 Å². The average Bonchev–Trinajstić information content (AvgIpc) is 1.64. The van der Waals surface area contributed by atoms with Crippen molar-refractivity contribution in [3.05, 3.63) is 285 Å². The molecule has 127 heavy (non-hydrogen) atoms. The second-order valence-electron chi connectivity index (χ2n) is 35.0. The maximum absolute atomic E-state index is 5.41. The van der Waals surface area contributed by atoms with E-state index >= 15 is 0 Å². The minimum absolute atomic E-state index is 0.560. The maximum atomic E-state index is 5.41. The molecule has 0 radical (unpaired) electrons. The first-order valence-corrected chi connectivity index (χ1v) is 44.9. The summed E-state index contributed by atoms with van der Waals surface area (Å²) in [6.45, 7) is 19.5. The second kappa shape index (κ2) is 34.7. The van der Waals surface area contributed by atoms with Gasteiger partial charge in [0.2, 0.25) is 0 Å². The summed E-state index contributed by atoms with van der Waals surface area (Å²) in [5.74, 6) is 7.55. The highest BCUT2D eigenvalue weighted by Crippen LogP contribution is 2.38. The summed E-state index contributed by atoms with van der Waals surface area (Å²) in [4.78, 5) is 49.4. The van der Waals surface area contributed by atoms with Gasteiger partial charge in [-0.2, -0.15) is 25.5 Å². The minimum Gasteiger partial charge on any atom is -0.469 e. The van der Waals surface area contributed by atoms with Crippen molar-refractivity contribution >= 4 is 112 Å². The molecule has 25 rings (SSSR count). The highest BCUT2D eigenvalue weighted by molar-refractivity contribution is 6.13. The number of aryl methyl sites for hydroxylation is 6. The van der Waals surface area contributed by atoms with Gasteiger partial charge in [-0.25, -0.2) is 4.98 Å². The quantitative estimate of drug-likeness (QED) is 0.0676. The molecule has 11 aromatic heterocycles. The molecule has 9 aliphatic rings. The number of nitrogens with zero attached hydrogens (tertiary/aromatic N) is 21. The molecule has 0 saturated heterocycles. The van der Waals surface area contributed by atoms with Crippen LogP contribution in [0.5, 0.6) is 0 Å². The summed E-state index contributed by atoms with van der Waals surface area (Å²) in [5, 5.41) is 47.0. The summed E-state index contributed by atoms with van der Waals surface area (Å²) in [6.07, 6.45) is 29.7. The van der Waals surface area contributed by atoms with Crippen LogP contribution in [0.15, 0.2) is 218 Å². The van der Waals surface area contributed by atoms with Crippen molar-refractivity contribution in [3.8, 4) is 0 Å². The molecule has 0 atom stereocenters. The van der Waals surface area contributed by atoms with E-state index in [2.05, 4.69) is 243 Å². The fourth-order valence-electron chi connectivity index (χ4n) is 18.7. The molecule has 27 heteroatoms. The molecule has 638 valence electrons. The lowest BCUT2D eigenvalue weighted by molar-refractivity contribution is 0.269. The third-order valence-corrected chi connectivity index (χ3v) is 26.2. The topological polar surface area (TPSA) is 302 Å². The fourth-order valence-corrected chi connectivity index (χ4v) is 18.7. The van der Waals surface area contributed by atoms with E-state index in [4.69, 9.17) is 29.9 Å². The number of rotatable bonds is 14. The zero-order valence-electron chi connectivity index (χ0n) is 72.6. The van der Waals surface area contributed by atoms with Gasteiger partial charge in [-0.1, -0.05) is 50.3 Å². The Morgan fingerprint density at radius 3 is 1.12 bits per heavy atom. The van der Waals surface area contributed by atoms with Crippen LogP contribution in [0.1, 0.15) is 186 Å². The summed E-state index contributed by atoms with van der Waals surface area (Å²) in [6, 6.07) is 50.9. The van der Waals surface area contributed by atoms with Gasteiger partial charge < -0.3 is 31.0 Å².